The third-order valence-corrected chi connectivity index (χ3v) is 2.39. The summed E-state index contributed by atoms with van der Waals surface area (Å²) in [5.74, 6) is -4.43. The van der Waals surface area contributed by atoms with Crippen LogP contribution in [0.2, 0.25) is 0 Å². The molecule has 0 bridgehead atoms. The largest absolute Gasteiger partial charge is 0.461 e. The zero-order valence-corrected chi connectivity index (χ0v) is 9.87. The lowest BCUT2D eigenvalue weighted by Gasteiger charge is -2.23. The molecule has 0 saturated carbocycles. The maximum absolute atomic E-state index is 13.1. The van der Waals surface area contributed by atoms with Crippen molar-refractivity contribution in [2.45, 2.75) is 24.5 Å². The van der Waals surface area contributed by atoms with Crippen molar-refractivity contribution >= 4 is 0 Å². The normalized spacial score (nSPS) is 14.4. The lowest BCUT2D eigenvalue weighted by molar-refractivity contribution is -0.253. The zero-order valence-electron chi connectivity index (χ0n) is 9.87. The maximum atomic E-state index is 13.1. The molecule has 0 radical (unpaired) electrons. The Morgan fingerprint density at radius 3 is 2.30 bits per heavy atom. The number of nitrogens with two attached hydrogens (primary N) is 1. The Labute approximate surface area is 109 Å². The van der Waals surface area contributed by atoms with Crippen molar-refractivity contribution in [3.05, 3.63) is 29.8 Å². The maximum Gasteiger partial charge on any atom is 0.461 e. The van der Waals surface area contributed by atoms with Gasteiger partial charge in [-0.1, -0.05) is 12.1 Å². The molecular formula is C11H11F6NO2. The average Bonchev–Trinajstić information content (AvgIpc) is 2.37. The van der Waals surface area contributed by atoms with Crippen LogP contribution in [-0.4, -0.2) is 30.2 Å². The summed E-state index contributed by atoms with van der Waals surface area (Å²) < 4.78 is 79.3. The van der Waals surface area contributed by atoms with Crippen LogP contribution in [-0.2, 0) is 0 Å². The minimum atomic E-state index is -4.75. The number of halogens is 6. The van der Waals surface area contributed by atoms with Crippen LogP contribution < -0.4 is 10.5 Å². The fourth-order valence-corrected chi connectivity index (χ4v) is 1.32. The van der Waals surface area contributed by atoms with Crippen LogP contribution in [0, 0.1) is 0 Å². The summed E-state index contributed by atoms with van der Waals surface area (Å²) in [5.41, 5.74) is 4.83. The lowest BCUT2D eigenvalue weighted by Crippen LogP contribution is -2.36. The molecule has 3 nitrogen and oxygen atoms in total. The predicted molar refractivity (Wildman–Crippen MR) is 57.0 cm³/mol. The predicted octanol–water partition coefficient (Wildman–Crippen LogP) is 2.55. The van der Waals surface area contributed by atoms with Crippen molar-refractivity contribution in [2.75, 3.05) is 6.61 Å². The van der Waals surface area contributed by atoms with Crippen LogP contribution in [0.25, 0.3) is 0 Å². The Morgan fingerprint density at radius 2 is 1.80 bits per heavy atom. The molecule has 0 spiro atoms. The number of hydrogen-bond donors (Lipinski definition) is 2. The number of rotatable bonds is 6. The molecule has 1 aromatic carbocycles. The van der Waals surface area contributed by atoms with Gasteiger partial charge in [0, 0.05) is 0 Å². The molecule has 114 valence electrons. The highest BCUT2D eigenvalue weighted by molar-refractivity contribution is 5.31. The van der Waals surface area contributed by atoms with E-state index in [0.29, 0.717) is 6.07 Å². The number of benzene rings is 1. The molecule has 1 rings (SSSR count). The molecule has 0 saturated heterocycles. The molecule has 0 unspecified atom stereocenters. The molecule has 0 heterocycles. The fourth-order valence-electron chi connectivity index (χ4n) is 1.32. The van der Waals surface area contributed by atoms with E-state index in [2.05, 4.69) is 4.74 Å². The highest BCUT2D eigenvalue weighted by Crippen LogP contribution is 2.32. The molecular weight excluding hydrogens is 292 g/mol. The second-order valence-electron chi connectivity index (χ2n) is 3.93. The second-order valence-corrected chi connectivity index (χ2v) is 3.93. The van der Waals surface area contributed by atoms with E-state index < -0.39 is 36.9 Å². The summed E-state index contributed by atoms with van der Waals surface area (Å²) in [6.45, 7) is -1.55. The Kier molecular flexibility index (Phi) is 4.87. The van der Waals surface area contributed by atoms with E-state index in [4.69, 9.17) is 10.8 Å². The highest BCUT2D eigenvalue weighted by Gasteiger charge is 2.44. The molecule has 0 amide bonds. The van der Waals surface area contributed by atoms with E-state index in [9.17, 15) is 26.3 Å². The molecule has 0 aliphatic heterocycles. The topological polar surface area (TPSA) is 55.5 Å². The van der Waals surface area contributed by atoms with Gasteiger partial charge in [0.2, 0.25) is 0 Å². The third-order valence-electron chi connectivity index (χ3n) is 2.39. The van der Waals surface area contributed by atoms with E-state index in [-0.39, 0.29) is 5.56 Å². The number of aliphatic hydroxyl groups excluding tert-OH is 1. The SMILES string of the molecule is N[C@H](c1cccc(OC(F)(F)C(F)F)c1)C(F)(F)CO. The summed E-state index contributed by atoms with van der Waals surface area (Å²) in [6.07, 6.45) is -8.82. The van der Waals surface area contributed by atoms with Gasteiger partial charge in [0.15, 0.2) is 0 Å². The van der Waals surface area contributed by atoms with Crippen LogP contribution in [0.4, 0.5) is 26.3 Å². The van der Waals surface area contributed by atoms with Gasteiger partial charge in [-0.05, 0) is 17.7 Å². The quantitative estimate of drug-likeness (QED) is 0.794. The van der Waals surface area contributed by atoms with E-state index in [1.54, 1.807) is 0 Å². The Hall–Kier alpha value is -1.48. The van der Waals surface area contributed by atoms with Crippen molar-refractivity contribution in [1.29, 1.82) is 0 Å². The van der Waals surface area contributed by atoms with Crippen molar-refractivity contribution in [3.63, 3.8) is 0 Å². The summed E-state index contributed by atoms with van der Waals surface area (Å²) >= 11 is 0. The van der Waals surface area contributed by atoms with Gasteiger partial charge in [0.1, 0.15) is 12.4 Å². The minimum absolute atomic E-state index is 0.341. The van der Waals surface area contributed by atoms with Crippen molar-refractivity contribution < 1.29 is 36.2 Å². The van der Waals surface area contributed by atoms with Gasteiger partial charge in [0.05, 0.1) is 6.04 Å². The smallest absolute Gasteiger partial charge is 0.428 e. The molecule has 0 fully saturated rings. The van der Waals surface area contributed by atoms with Crippen LogP contribution in [0.3, 0.4) is 0 Å². The number of ether oxygens (including phenoxy) is 1. The zero-order chi connectivity index (χ0) is 15.6. The van der Waals surface area contributed by atoms with E-state index in [0.717, 1.165) is 18.2 Å². The van der Waals surface area contributed by atoms with Crippen molar-refractivity contribution in [2.24, 2.45) is 5.73 Å². The third kappa shape index (κ3) is 3.76. The monoisotopic (exact) mass is 303 g/mol. The highest BCUT2D eigenvalue weighted by atomic mass is 19.3. The standard InChI is InChI=1S/C11H11F6NO2/c12-9(13)11(16,17)20-7-3-1-2-6(4-7)8(18)10(14,15)5-19/h1-4,8-9,19H,5,18H2/t8-/m1/s1. The first kappa shape index (κ1) is 16.6. The first-order chi connectivity index (χ1) is 9.10. The fraction of sp³-hybridized carbons (Fsp3) is 0.455. The van der Waals surface area contributed by atoms with Gasteiger partial charge in [-0.25, -0.2) is 8.78 Å². The van der Waals surface area contributed by atoms with Gasteiger partial charge >= 0.3 is 12.5 Å². The van der Waals surface area contributed by atoms with Gasteiger partial charge < -0.3 is 15.6 Å². The van der Waals surface area contributed by atoms with Gasteiger partial charge in [-0.3, -0.25) is 0 Å². The second kappa shape index (κ2) is 5.88. The van der Waals surface area contributed by atoms with Gasteiger partial charge in [-0.15, -0.1) is 0 Å². The minimum Gasteiger partial charge on any atom is -0.428 e. The van der Waals surface area contributed by atoms with Gasteiger partial charge in [-0.2, -0.15) is 17.6 Å². The Bertz CT molecular complexity index is 454. The van der Waals surface area contributed by atoms with Crippen LogP contribution in [0.1, 0.15) is 11.6 Å². The van der Waals surface area contributed by atoms with Gasteiger partial charge in [0.25, 0.3) is 5.92 Å². The number of aliphatic hydroxyl groups is 1. The van der Waals surface area contributed by atoms with Crippen LogP contribution >= 0.6 is 0 Å². The number of alkyl halides is 6. The molecule has 3 N–H and O–H groups in total. The van der Waals surface area contributed by atoms with Crippen molar-refractivity contribution in [1.82, 2.24) is 0 Å². The molecule has 1 atom stereocenters. The van der Waals surface area contributed by atoms with Crippen molar-refractivity contribution in [3.8, 4) is 5.75 Å². The summed E-state index contributed by atoms with van der Waals surface area (Å²) in [5, 5.41) is 8.47. The molecule has 20 heavy (non-hydrogen) atoms. The molecule has 0 aliphatic rings. The molecule has 1 aromatic rings. The molecule has 0 aliphatic carbocycles. The van der Waals surface area contributed by atoms with E-state index >= 15 is 0 Å². The first-order valence-corrected chi connectivity index (χ1v) is 5.29. The Morgan fingerprint density at radius 1 is 1.20 bits per heavy atom. The van der Waals surface area contributed by atoms with Crippen LogP contribution in [0.15, 0.2) is 24.3 Å². The average molecular weight is 303 g/mol. The first-order valence-electron chi connectivity index (χ1n) is 5.29. The summed E-state index contributed by atoms with van der Waals surface area (Å²) in [7, 11) is 0. The van der Waals surface area contributed by atoms with E-state index in [1.807, 2.05) is 0 Å². The Balaban J connectivity index is 2.97. The van der Waals surface area contributed by atoms with Crippen LogP contribution in [0.5, 0.6) is 5.75 Å². The summed E-state index contributed by atoms with van der Waals surface area (Å²) in [6, 6.07) is 1.70. The summed E-state index contributed by atoms with van der Waals surface area (Å²) in [4.78, 5) is 0. The molecule has 0 aromatic heterocycles. The lowest BCUT2D eigenvalue weighted by atomic mass is 10.0. The number of hydrogen-bond acceptors (Lipinski definition) is 3. The van der Waals surface area contributed by atoms with E-state index in [1.165, 1.54) is 0 Å². The molecule has 9 heteroatoms.